The average Bonchev–Trinajstić information content (AvgIpc) is 3.07. The van der Waals surface area contributed by atoms with Crippen molar-refractivity contribution in [2.45, 2.75) is 6.92 Å². The highest BCUT2D eigenvalue weighted by molar-refractivity contribution is 7.13. The van der Waals surface area contributed by atoms with Crippen molar-refractivity contribution < 1.29 is 14.0 Å². The van der Waals surface area contributed by atoms with Crippen molar-refractivity contribution in [1.82, 2.24) is 9.88 Å². The molecule has 0 saturated carbocycles. The molecular formula is C15H15FN4O2S. The van der Waals surface area contributed by atoms with Crippen molar-refractivity contribution in [2.24, 2.45) is 0 Å². The molecule has 6 nitrogen and oxygen atoms in total. The summed E-state index contributed by atoms with van der Waals surface area (Å²) in [6.07, 6.45) is 0. The number of hydrogen-bond donors (Lipinski definition) is 1. The fraction of sp³-hybridized carbons (Fsp3) is 0.267. The van der Waals surface area contributed by atoms with Gasteiger partial charge in [-0.15, -0.1) is 11.3 Å². The van der Waals surface area contributed by atoms with Gasteiger partial charge >= 0.3 is 6.03 Å². The van der Waals surface area contributed by atoms with Crippen molar-refractivity contribution >= 4 is 34.1 Å². The molecule has 3 amide bonds. The van der Waals surface area contributed by atoms with Gasteiger partial charge in [0.05, 0.1) is 5.69 Å². The van der Waals surface area contributed by atoms with Crippen LogP contribution in [-0.4, -0.2) is 41.5 Å². The molecule has 2 heterocycles. The number of benzene rings is 1. The maximum absolute atomic E-state index is 13.0. The maximum Gasteiger partial charge on any atom is 0.325 e. The summed E-state index contributed by atoms with van der Waals surface area (Å²) in [6, 6.07) is 5.46. The quantitative estimate of drug-likeness (QED) is 0.934. The van der Waals surface area contributed by atoms with Crippen LogP contribution in [0.1, 0.15) is 5.69 Å². The predicted molar refractivity (Wildman–Crippen MR) is 86.2 cm³/mol. The van der Waals surface area contributed by atoms with E-state index in [0.717, 1.165) is 5.69 Å². The molecular weight excluding hydrogens is 319 g/mol. The van der Waals surface area contributed by atoms with Gasteiger partial charge in [0.25, 0.3) is 0 Å². The summed E-state index contributed by atoms with van der Waals surface area (Å²) in [6.45, 7) is 2.72. The van der Waals surface area contributed by atoms with Gasteiger partial charge in [-0.05, 0) is 31.2 Å². The minimum Gasteiger partial charge on any atom is -0.313 e. The molecule has 1 aliphatic rings. The van der Waals surface area contributed by atoms with Crippen LogP contribution in [0.25, 0.3) is 0 Å². The lowest BCUT2D eigenvalue weighted by atomic mass is 10.3. The Kier molecular flexibility index (Phi) is 4.24. The van der Waals surface area contributed by atoms with E-state index in [1.54, 1.807) is 12.1 Å². The number of hydrogen-bond acceptors (Lipinski definition) is 4. The Morgan fingerprint density at radius 1 is 1.35 bits per heavy atom. The lowest BCUT2D eigenvalue weighted by Crippen LogP contribution is -2.37. The number of nitrogens with zero attached hydrogens (tertiary/aromatic N) is 3. The second kappa shape index (κ2) is 6.33. The van der Waals surface area contributed by atoms with E-state index in [2.05, 4.69) is 10.3 Å². The first-order chi connectivity index (χ1) is 11.0. The van der Waals surface area contributed by atoms with Gasteiger partial charge in [0.1, 0.15) is 12.4 Å². The van der Waals surface area contributed by atoms with Crippen molar-refractivity contribution in [2.75, 3.05) is 29.9 Å². The monoisotopic (exact) mass is 334 g/mol. The van der Waals surface area contributed by atoms with Crippen LogP contribution in [0.5, 0.6) is 0 Å². The molecule has 0 radical (unpaired) electrons. The Bertz CT molecular complexity index is 731. The van der Waals surface area contributed by atoms with Crippen molar-refractivity contribution in [1.29, 1.82) is 0 Å². The predicted octanol–water partition coefficient (Wildman–Crippen LogP) is 2.47. The van der Waals surface area contributed by atoms with E-state index in [-0.39, 0.29) is 24.3 Å². The molecule has 0 aliphatic carbocycles. The zero-order chi connectivity index (χ0) is 16.4. The topological polar surface area (TPSA) is 65.5 Å². The highest BCUT2D eigenvalue weighted by Gasteiger charge is 2.30. The summed E-state index contributed by atoms with van der Waals surface area (Å²) in [4.78, 5) is 31.5. The Hall–Kier alpha value is -2.48. The highest BCUT2D eigenvalue weighted by atomic mass is 32.1. The van der Waals surface area contributed by atoms with E-state index in [9.17, 15) is 14.0 Å². The number of thiazole rings is 1. The van der Waals surface area contributed by atoms with Crippen LogP contribution < -0.4 is 10.2 Å². The zero-order valence-electron chi connectivity index (χ0n) is 12.5. The third-order valence-corrected chi connectivity index (χ3v) is 4.31. The number of halogens is 1. The largest absolute Gasteiger partial charge is 0.325 e. The minimum absolute atomic E-state index is 0.0326. The van der Waals surface area contributed by atoms with Gasteiger partial charge in [0, 0.05) is 24.2 Å². The van der Waals surface area contributed by atoms with E-state index >= 15 is 0 Å². The molecule has 1 aromatic heterocycles. The number of carbonyl (C=O) groups is 2. The second-order valence-corrected chi connectivity index (χ2v) is 6.03. The SMILES string of the molecule is Cc1csc(NC(=O)CN2CCN(c3ccc(F)cc3)C2=O)n1. The van der Waals surface area contributed by atoms with Gasteiger partial charge in [-0.3, -0.25) is 9.69 Å². The standard InChI is InChI=1S/C15H15FN4O2S/c1-10-9-23-14(17-10)18-13(21)8-19-6-7-20(15(19)22)12-4-2-11(16)3-5-12/h2-5,9H,6-8H2,1H3,(H,17,18,21). The molecule has 1 aromatic carbocycles. The third-order valence-electron chi connectivity index (χ3n) is 3.43. The Morgan fingerprint density at radius 2 is 2.09 bits per heavy atom. The summed E-state index contributed by atoms with van der Waals surface area (Å²) in [5.41, 5.74) is 1.46. The number of anilines is 2. The molecule has 1 aliphatic heterocycles. The molecule has 8 heteroatoms. The minimum atomic E-state index is -0.352. The van der Waals surface area contributed by atoms with Crippen molar-refractivity contribution in [3.63, 3.8) is 0 Å². The van der Waals surface area contributed by atoms with Crippen molar-refractivity contribution in [3.8, 4) is 0 Å². The number of amides is 3. The molecule has 23 heavy (non-hydrogen) atoms. The number of carbonyl (C=O) groups excluding carboxylic acids is 2. The second-order valence-electron chi connectivity index (χ2n) is 5.17. The normalized spacial score (nSPS) is 14.4. The first kappa shape index (κ1) is 15.4. The fourth-order valence-electron chi connectivity index (χ4n) is 2.33. The molecule has 0 atom stereocenters. The summed E-state index contributed by atoms with van der Waals surface area (Å²) in [5, 5.41) is 5.04. The number of rotatable bonds is 4. The summed E-state index contributed by atoms with van der Waals surface area (Å²) in [7, 11) is 0. The molecule has 1 N–H and O–H groups in total. The van der Waals surface area contributed by atoms with Crippen molar-refractivity contribution in [3.05, 3.63) is 41.2 Å². The van der Waals surface area contributed by atoms with E-state index < -0.39 is 0 Å². The summed E-state index contributed by atoms with van der Waals surface area (Å²) in [5.74, 6) is -0.635. The highest BCUT2D eigenvalue weighted by Crippen LogP contribution is 2.21. The molecule has 1 saturated heterocycles. The van der Waals surface area contributed by atoms with E-state index in [1.807, 2.05) is 12.3 Å². The molecule has 0 spiro atoms. The molecule has 0 bridgehead atoms. The van der Waals surface area contributed by atoms with Gasteiger partial charge in [-0.1, -0.05) is 0 Å². The van der Waals surface area contributed by atoms with E-state index in [0.29, 0.717) is 23.9 Å². The number of urea groups is 1. The van der Waals surface area contributed by atoms with Crippen LogP contribution in [0.4, 0.5) is 20.0 Å². The Morgan fingerprint density at radius 3 is 2.74 bits per heavy atom. The number of aryl methyl sites for hydroxylation is 1. The van der Waals surface area contributed by atoms with Crippen LogP contribution >= 0.6 is 11.3 Å². The van der Waals surface area contributed by atoms with Gasteiger partial charge in [0.2, 0.25) is 5.91 Å². The van der Waals surface area contributed by atoms with Crippen LogP contribution in [0.2, 0.25) is 0 Å². The van der Waals surface area contributed by atoms with Crippen LogP contribution in [0, 0.1) is 12.7 Å². The molecule has 120 valence electrons. The molecule has 1 fully saturated rings. The van der Waals surface area contributed by atoms with E-state index in [1.165, 1.54) is 33.3 Å². The van der Waals surface area contributed by atoms with Gasteiger partial charge < -0.3 is 10.2 Å². The lowest BCUT2D eigenvalue weighted by Gasteiger charge is -2.18. The first-order valence-electron chi connectivity index (χ1n) is 7.07. The summed E-state index contributed by atoms with van der Waals surface area (Å²) < 4.78 is 13.0. The van der Waals surface area contributed by atoms with Gasteiger partial charge in [0.15, 0.2) is 5.13 Å². The molecule has 3 rings (SSSR count). The van der Waals surface area contributed by atoms with Crippen LogP contribution in [0.15, 0.2) is 29.6 Å². The Labute approximate surface area is 136 Å². The lowest BCUT2D eigenvalue weighted by molar-refractivity contribution is -0.116. The van der Waals surface area contributed by atoms with E-state index in [4.69, 9.17) is 0 Å². The van der Waals surface area contributed by atoms with Crippen LogP contribution in [-0.2, 0) is 4.79 Å². The average molecular weight is 334 g/mol. The van der Waals surface area contributed by atoms with Gasteiger partial charge in [-0.2, -0.15) is 0 Å². The Balaban J connectivity index is 1.60. The van der Waals surface area contributed by atoms with Gasteiger partial charge in [-0.25, -0.2) is 14.2 Å². The number of aromatic nitrogens is 1. The molecule has 0 unspecified atom stereocenters. The third kappa shape index (κ3) is 3.48. The summed E-state index contributed by atoms with van der Waals surface area (Å²) >= 11 is 1.34. The van der Waals surface area contributed by atoms with Crippen LogP contribution in [0.3, 0.4) is 0 Å². The first-order valence-corrected chi connectivity index (χ1v) is 7.95. The zero-order valence-corrected chi connectivity index (χ0v) is 13.3. The maximum atomic E-state index is 13.0. The number of nitrogens with one attached hydrogen (secondary N) is 1. The fourth-order valence-corrected chi connectivity index (χ4v) is 3.04. The smallest absolute Gasteiger partial charge is 0.313 e. The molecule has 2 aromatic rings.